The molecule has 2 aromatic rings. The fraction of sp³-hybridized carbons (Fsp3) is 0.263. The van der Waals surface area contributed by atoms with E-state index in [9.17, 15) is 4.79 Å². The third-order valence-corrected chi connectivity index (χ3v) is 4.43. The second kappa shape index (κ2) is 9.09. The van der Waals surface area contributed by atoms with Crippen molar-refractivity contribution in [1.29, 1.82) is 5.26 Å². The maximum atomic E-state index is 12.0. The van der Waals surface area contributed by atoms with E-state index in [1.54, 1.807) is 18.2 Å². The van der Waals surface area contributed by atoms with Gasteiger partial charge in [0.25, 0.3) is 0 Å². The number of hydrogen-bond acceptors (Lipinski definition) is 4. The first kappa shape index (κ1) is 18.8. The molecule has 0 unspecified atom stereocenters. The van der Waals surface area contributed by atoms with Gasteiger partial charge in [0.2, 0.25) is 5.91 Å². The van der Waals surface area contributed by atoms with Crippen molar-refractivity contribution in [3.05, 3.63) is 52.0 Å². The number of carbonyl (C=O) groups excluding carboxylic acids is 1. The smallest absolute Gasteiger partial charge is 0.224 e. The number of nitrogens with one attached hydrogen (secondary N) is 1. The second-order valence-corrected chi connectivity index (χ2v) is 6.30. The molecule has 2 aromatic carbocycles. The number of anilines is 1. The monoisotopic (exact) mass is 402 g/mol. The number of aryl methyl sites for hydroxylation is 1. The van der Waals surface area contributed by atoms with Crippen LogP contribution in [0.2, 0.25) is 0 Å². The van der Waals surface area contributed by atoms with Crippen LogP contribution in [-0.2, 0) is 4.79 Å². The maximum absolute atomic E-state index is 12.0. The second-order valence-electron chi connectivity index (χ2n) is 5.44. The minimum absolute atomic E-state index is 0.0582. The number of halogens is 1. The molecule has 25 heavy (non-hydrogen) atoms. The van der Waals surface area contributed by atoms with Crippen LogP contribution in [-0.4, -0.2) is 19.6 Å². The van der Waals surface area contributed by atoms with Gasteiger partial charge in [-0.1, -0.05) is 15.9 Å². The van der Waals surface area contributed by atoms with E-state index in [1.807, 2.05) is 25.1 Å². The van der Waals surface area contributed by atoms with Gasteiger partial charge in [0.1, 0.15) is 0 Å². The Labute approximate surface area is 155 Å². The van der Waals surface area contributed by atoms with Crippen LogP contribution in [0.15, 0.2) is 40.9 Å². The molecule has 5 nitrogen and oxygen atoms in total. The van der Waals surface area contributed by atoms with Gasteiger partial charge in [0.05, 0.1) is 25.3 Å². The van der Waals surface area contributed by atoms with Crippen LogP contribution >= 0.6 is 15.9 Å². The van der Waals surface area contributed by atoms with Crippen LogP contribution in [0.1, 0.15) is 24.0 Å². The summed E-state index contributed by atoms with van der Waals surface area (Å²) in [4.78, 5) is 12.0. The SMILES string of the molecule is COc1cc(C#N)ccc1OCCCC(=O)Nc1ccc(Br)c(C)c1. The third kappa shape index (κ3) is 5.50. The van der Waals surface area contributed by atoms with E-state index in [2.05, 4.69) is 27.3 Å². The molecule has 0 spiro atoms. The quantitative estimate of drug-likeness (QED) is 0.694. The molecule has 0 heterocycles. The summed E-state index contributed by atoms with van der Waals surface area (Å²) >= 11 is 3.43. The molecule has 0 aliphatic rings. The summed E-state index contributed by atoms with van der Waals surface area (Å²) in [6.45, 7) is 2.35. The summed E-state index contributed by atoms with van der Waals surface area (Å²) in [6, 6.07) is 12.7. The van der Waals surface area contributed by atoms with Gasteiger partial charge in [-0.3, -0.25) is 4.79 Å². The van der Waals surface area contributed by atoms with Gasteiger partial charge in [-0.05, 0) is 49.2 Å². The van der Waals surface area contributed by atoms with E-state index < -0.39 is 0 Å². The van der Waals surface area contributed by atoms with Crippen LogP contribution in [0.3, 0.4) is 0 Å². The highest BCUT2D eigenvalue weighted by Gasteiger charge is 2.07. The number of rotatable bonds is 7. The average molecular weight is 403 g/mol. The van der Waals surface area contributed by atoms with E-state index in [0.29, 0.717) is 36.5 Å². The third-order valence-electron chi connectivity index (χ3n) is 3.54. The van der Waals surface area contributed by atoms with Crippen molar-refractivity contribution >= 4 is 27.5 Å². The fourth-order valence-electron chi connectivity index (χ4n) is 2.22. The normalized spacial score (nSPS) is 10.0. The number of nitrogens with zero attached hydrogens (tertiary/aromatic N) is 1. The van der Waals surface area contributed by atoms with Gasteiger partial charge >= 0.3 is 0 Å². The Morgan fingerprint density at radius 1 is 1.24 bits per heavy atom. The Morgan fingerprint density at radius 3 is 2.72 bits per heavy atom. The molecule has 1 N–H and O–H groups in total. The topological polar surface area (TPSA) is 71.3 Å². The minimum Gasteiger partial charge on any atom is -0.493 e. The largest absolute Gasteiger partial charge is 0.493 e. The number of ether oxygens (including phenoxy) is 2. The Kier molecular flexibility index (Phi) is 6.84. The lowest BCUT2D eigenvalue weighted by atomic mass is 10.2. The lowest BCUT2D eigenvalue weighted by Crippen LogP contribution is -2.13. The minimum atomic E-state index is -0.0582. The molecule has 0 aliphatic heterocycles. The van der Waals surface area contributed by atoms with Crippen molar-refractivity contribution in [3.8, 4) is 17.6 Å². The van der Waals surface area contributed by atoms with Crippen LogP contribution < -0.4 is 14.8 Å². The molecule has 0 bridgehead atoms. The molecule has 0 radical (unpaired) electrons. The Morgan fingerprint density at radius 2 is 2.04 bits per heavy atom. The summed E-state index contributed by atoms with van der Waals surface area (Å²) in [6.07, 6.45) is 0.929. The molecule has 6 heteroatoms. The first-order valence-electron chi connectivity index (χ1n) is 7.80. The Balaban J connectivity index is 1.80. The number of nitriles is 1. The van der Waals surface area contributed by atoms with Crippen molar-refractivity contribution in [2.45, 2.75) is 19.8 Å². The van der Waals surface area contributed by atoms with E-state index in [4.69, 9.17) is 14.7 Å². The van der Waals surface area contributed by atoms with Gasteiger partial charge in [0.15, 0.2) is 11.5 Å². The van der Waals surface area contributed by atoms with Gasteiger partial charge in [-0.25, -0.2) is 0 Å². The van der Waals surface area contributed by atoms with Crippen molar-refractivity contribution in [2.24, 2.45) is 0 Å². The van der Waals surface area contributed by atoms with Crippen LogP contribution in [0.25, 0.3) is 0 Å². The molecular weight excluding hydrogens is 384 g/mol. The average Bonchev–Trinajstić information content (AvgIpc) is 2.62. The van der Waals surface area contributed by atoms with E-state index in [0.717, 1.165) is 15.7 Å². The number of methoxy groups -OCH3 is 1. The summed E-state index contributed by atoms with van der Waals surface area (Å²) in [7, 11) is 1.52. The lowest BCUT2D eigenvalue weighted by Gasteiger charge is -2.11. The molecular formula is C19H19BrN2O3. The van der Waals surface area contributed by atoms with Crippen molar-refractivity contribution < 1.29 is 14.3 Å². The highest BCUT2D eigenvalue weighted by molar-refractivity contribution is 9.10. The highest BCUT2D eigenvalue weighted by Crippen LogP contribution is 2.28. The Hall–Kier alpha value is -2.52. The van der Waals surface area contributed by atoms with Gasteiger partial charge in [0, 0.05) is 22.6 Å². The molecule has 1 amide bonds. The molecule has 130 valence electrons. The number of amides is 1. The number of hydrogen-bond donors (Lipinski definition) is 1. The zero-order chi connectivity index (χ0) is 18.2. The van der Waals surface area contributed by atoms with Crippen molar-refractivity contribution in [3.63, 3.8) is 0 Å². The molecule has 0 saturated heterocycles. The van der Waals surface area contributed by atoms with Gasteiger partial charge in [-0.15, -0.1) is 0 Å². The van der Waals surface area contributed by atoms with Gasteiger partial charge in [-0.2, -0.15) is 5.26 Å². The maximum Gasteiger partial charge on any atom is 0.224 e. The fourth-order valence-corrected chi connectivity index (χ4v) is 2.46. The van der Waals surface area contributed by atoms with E-state index in [1.165, 1.54) is 7.11 Å². The number of benzene rings is 2. The molecule has 0 saturated carbocycles. The van der Waals surface area contributed by atoms with Crippen LogP contribution in [0.5, 0.6) is 11.5 Å². The first-order valence-corrected chi connectivity index (χ1v) is 8.59. The predicted octanol–water partition coefficient (Wildman–Crippen LogP) is 4.44. The zero-order valence-electron chi connectivity index (χ0n) is 14.1. The standard InChI is InChI=1S/C19H19BrN2O3/c1-13-10-15(6-7-16(13)20)22-19(23)4-3-9-25-17-8-5-14(12-21)11-18(17)24-2/h5-8,10-11H,3-4,9H2,1-2H3,(H,22,23). The van der Waals surface area contributed by atoms with Crippen molar-refractivity contribution in [2.75, 3.05) is 19.0 Å². The summed E-state index contributed by atoms with van der Waals surface area (Å²) in [5, 5.41) is 11.8. The molecule has 0 aromatic heterocycles. The molecule has 0 atom stereocenters. The molecule has 2 rings (SSSR count). The van der Waals surface area contributed by atoms with Crippen LogP contribution in [0, 0.1) is 18.3 Å². The zero-order valence-corrected chi connectivity index (χ0v) is 15.7. The first-order chi connectivity index (χ1) is 12.0. The number of carbonyl (C=O) groups is 1. The summed E-state index contributed by atoms with van der Waals surface area (Å²) < 4.78 is 11.9. The van der Waals surface area contributed by atoms with E-state index in [-0.39, 0.29) is 5.91 Å². The molecule has 0 aliphatic carbocycles. The summed E-state index contributed by atoms with van der Waals surface area (Å²) in [5.74, 6) is 1.01. The van der Waals surface area contributed by atoms with Crippen molar-refractivity contribution in [1.82, 2.24) is 0 Å². The van der Waals surface area contributed by atoms with E-state index >= 15 is 0 Å². The lowest BCUT2D eigenvalue weighted by molar-refractivity contribution is -0.116. The van der Waals surface area contributed by atoms with Gasteiger partial charge < -0.3 is 14.8 Å². The summed E-state index contributed by atoms with van der Waals surface area (Å²) in [5.41, 5.74) is 2.35. The molecule has 0 fully saturated rings. The highest BCUT2D eigenvalue weighted by atomic mass is 79.9. The predicted molar refractivity (Wildman–Crippen MR) is 99.9 cm³/mol. The van der Waals surface area contributed by atoms with Crippen LogP contribution in [0.4, 0.5) is 5.69 Å². The Bertz CT molecular complexity index is 800.